The summed E-state index contributed by atoms with van der Waals surface area (Å²) in [4.78, 5) is 50.1. The zero-order chi connectivity index (χ0) is 18.9. The Balaban J connectivity index is 1.46. The van der Waals surface area contributed by atoms with Crippen molar-refractivity contribution in [3.05, 3.63) is 12.2 Å². The van der Waals surface area contributed by atoms with Gasteiger partial charge in [0.1, 0.15) is 0 Å². The normalized spacial score (nSPS) is 17.8. The fourth-order valence-corrected chi connectivity index (χ4v) is 2.99. The van der Waals surface area contributed by atoms with Gasteiger partial charge in [-0.3, -0.25) is 24.2 Å². The Morgan fingerprint density at radius 3 is 2.23 bits per heavy atom. The minimum Gasteiger partial charge on any atom is -0.465 e. The first kappa shape index (κ1) is 19.9. The molecule has 0 spiro atoms. The second kappa shape index (κ2) is 9.91. The van der Waals surface area contributed by atoms with E-state index in [2.05, 4.69) is 10.2 Å². The van der Waals surface area contributed by atoms with Crippen molar-refractivity contribution < 1.29 is 24.3 Å². The summed E-state index contributed by atoms with van der Waals surface area (Å²) in [5, 5.41) is 11.8. The van der Waals surface area contributed by atoms with Crippen LogP contribution in [0.1, 0.15) is 25.7 Å². The largest absolute Gasteiger partial charge is 0.465 e. The Kier molecular flexibility index (Phi) is 7.58. The second-order valence-corrected chi connectivity index (χ2v) is 6.43. The number of unbranched alkanes of at least 4 members (excludes halogenated alkanes) is 2. The molecule has 0 aromatic carbocycles. The van der Waals surface area contributed by atoms with Crippen LogP contribution < -0.4 is 5.32 Å². The van der Waals surface area contributed by atoms with Crippen molar-refractivity contribution in [2.75, 3.05) is 45.8 Å². The number of nitrogens with one attached hydrogen (secondary N) is 1. The smallest absolute Gasteiger partial charge is 0.407 e. The SMILES string of the molecule is O=C(CCCCCN1C(=O)C=CC1=O)NCCN1CCN(C(=O)O)CC1. The molecular weight excluding hydrogens is 340 g/mol. The zero-order valence-electron chi connectivity index (χ0n) is 14.9. The molecule has 0 radical (unpaired) electrons. The van der Waals surface area contributed by atoms with E-state index in [4.69, 9.17) is 5.11 Å². The summed E-state index contributed by atoms with van der Waals surface area (Å²) in [5.74, 6) is -0.543. The van der Waals surface area contributed by atoms with Crippen LogP contribution in [-0.2, 0) is 14.4 Å². The number of nitrogens with zero attached hydrogens (tertiary/aromatic N) is 3. The van der Waals surface area contributed by atoms with E-state index in [1.807, 2.05) is 0 Å². The maximum Gasteiger partial charge on any atom is 0.407 e. The van der Waals surface area contributed by atoms with Gasteiger partial charge in [-0.25, -0.2) is 4.79 Å². The highest BCUT2D eigenvalue weighted by atomic mass is 16.4. The van der Waals surface area contributed by atoms with Crippen molar-refractivity contribution in [1.29, 1.82) is 0 Å². The number of carbonyl (C=O) groups is 4. The summed E-state index contributed by atoms with van der Waals surface area (Å²) >= 11 is 0. The number of carbonyl (C=O) groups excluding carboxylic acids is 3. The molecule has 0 aromatic heterocycles. The molecule has 2 aliphatic heterocycles. The van der Waals surface area contributed by atoms with Crippen molar-refractivity contribution in [2.45, 2.75) is 25.7 Å². The Morgan fingerprint density at radius 2 is 1.62 bits per heavy atom. The molecule has 0 atom stereocenters. The van der Waals surface area contributed by atoms with Crippen LogP contribution in [0.4, 0.5) is 4.79 Å². The average molecular weight is 366 g/mol. The zero-order valence-corrected chi connectivity index (χ0v) is 14.9. The molecule has 26 heavy (non-hydrogen) atoms. The maximum atomic E-state index is 11.8. The number of imide groups is 1. The van der Waals surface area contributed by atoms with Gasteiger partial charge in [0, 0.05) is 64.4 Å². The maximum absolute atomic E-state index is 11.8. The molecule has 2 aliphatic rings. The topological polar surface area (TPSA) is 110 Å². The van der Waals surface area contributed by atoms with Crippen LogP contribution in [0, 0.1) is 0 Å². The van der Waals surface area contributed by atoms with Crippen molar-refractivity contribution in [1.82, 2.24) is 20.0 Å². The Hall–Kier alpha value is -2.42. The van der Waals surface area contributed by atoms with Gasteiger partial charge in [0.2, 0.25) is 5.91 Å². The number of amides is 4. The predicted molar refractivity (Wildman–Crippen MR) is 93.4 cm³/mol. The van der Waals surface area contributed by atoms with Crippen molar-refractivity contribution in [2.24, 2.45) is 0 Å². The number of piperazine rings is 1. The van der Waals surface area contributed by atoms with Crippen LogP contribution in [0.25, 0.3) is 0 Å². The van der Waals surface area contributed by atoms with Gasteiger partial charge in [-0.2, -0.15) is 0 Å². The molecule has 0 unspecified atom stereocenters. The minimum absolute atomic E-state index is 0.0100. The van der Waals surface area contributed by atoms with Crippen molar-refractivity contribution in [3.63, 3.8) is 0 Å². The lowest BCUT2D eigenvalue weighted by atomic mass is 10.2. The molecule has 0 aromatic rings. The van der Waals surface area contributed by atoms with E-state index in [1.165, 1.54) is 22.0 Å². The van der Waals surface area contributed by atoms with Gasteiger partial charge in [0.05, 0.1) is 0 Å². The summed E-state index contributed by atoms with van der Waals surface area (Å²) in [6.45, 7) is 4.03. The molecule has 4 amide bonds. The van der Waals surface area contributed by atoms with E-state index in [-0.39, 0.29) is 17.7 Å². The standard InChI is InChI=1S/C17H26N4O5/c22-14(4-2-1-3-8-21-15(23)5-6-16(21)24)18-7-9-19-10-12-20(13-11-19)17(25)26/h5-6H,1-4,7-13H2,(H,18,22)(H,25,26). The molecule has 9 heteroatoms. The van der Waals surface area contributed by atoms with Gasteiger partial charge in [0.25, 0.3) is 11.8 Å². The third-order valence-electron chi connectivity index (χ3n) is 4.58. The lowest BCUT2D eigenvalue weighted by Crippen LogP contribution is -2.49. The van der Waals surface area contributed by atoms with E-state index in [0.29, 0.717) is 65.1 Å². The van der Waals surface area contributed by atoms with Crippen molar-refractivity contribution >= 4 is 23.8 Å². The van der Waals surface area contributed by atoms with Crippen LogP contribution >= 0.6 is 0 Å². The predicted octanol–water partition coefficient (Wildman–Crippen LogP) is -0.116. The first-order valence-electron chi connectivity index (χ1n) is 8.98. The third-order valence-corrected chi connectivity index (χ3v) is 4.58. The fourth-order valence-electron chi connectivity index (χ4n) is 2.99. The molecule has 144 valence electrons. The lowest BCUT2D eigenvalue weighted by Gasteiger charge is -2.32. The highest BCUT2D eigenvalue weighted by molar-refractivity contribution is 6.12. The molecule has 2 rings (SSSR count). The minimum atomic E-state index is -0.882. The van der Waals surface area contributed by atoms with Crippen molar-refractivity contribution in [3.8, 4) is 0 Å². The van der Waals surface area contributed by atoms with Gasteiger partial charge in [-0.1, -0.05) is 6.42 Å². The third kappa shape index (κ3) is 6.14. The molecule has 2 heterocycles. The Labute approximate surface area is 152 Å². The second-order valence-electron chi connectivity index (χ2n) is 6.43. The molecule has 1 saturated heterocycles. The number of rotatable bonds is 9. The first-order valence-corrected chi connectivity index (χ1v) is 8.98. The molecule has 0 saturated carbocycles. The van der Waals surface area contributed by atoms with Crippen LogP contribution in [0.5, 0.6) is 0 Å². The summed E-state index contributed by atoms with van der Waals surface area (Å²) in [6.07, 6.45) is 4.28. The van der Waals surface area contributed by atoms with Crippen LogP contribution in [-0.4, -0.2) is 89.4 Å². The molecular formula is C17H26N4O5. The number of carboxylic acid groups (broad SMARTS) is 1. The fraction of sp³-hybridized carbons (Fsp3) is 0.647. The molecule has 0 bridgehead atoms. The van der Waals surface area contributed by atoms with Gasteiger partial charge in [0.15, 0.2) is 0 Å². The van der Waals surface area contributed by atoms with Gasteiger partial charge >= 0.3 is 6.09 Å². The van der Waals surface area contributed by atoms with E-state index < -0.39 is 6.09 Å². The van der Waals surface area contributed by atoms with Crippen LogP contribution in [0.3, 0.4) is 0 Å². The van der Waals surface area contributed by atoms with E-state index in [0.717, 1.165) is 6.42 Å². The van der Waals surface area contributed by atoms with E-state index >= 15 is 0 Å². The lowest BCUT2D eigenvalue weighted by molar-refractivity contribution is -0.137. The molecule has 9 nitrogen and oxygen atoms in total. The summed E-state index contributed by atoms with van der Waals surface area (Å²) in [7, 11) is 0. The van der Waals surface area contributed by atoms with Crippen LogP contribution in [0.2, 0.25) is 0 Å². The Bertz CT molecular complexity index is 552. The Morgan fingerprint density at radius 1 is 0.962 bits per heavy atom. The monoisotopic (exact) mass is 366 g/mol. The molecule has 0 aliphatic carbocycles. The van der Waals surface area contributed by atoms with E-state index in [9.17, 15) is 19.2 Å². The highest BCUT2D eigenvalue weighted by Crippen LogP contribution is 2.07. The van der Waals surface area contributed by atoms with Crippen LogP contribution in [0.15, 0.2) is 12.2 Å². The quantitative estimate of drug-likeness (QED) is 0.435. The van der Waals surface area contributed by atoms with Gasteiger partial charge in [-0.05, 0) is 12.8 Å². The molecule has 1 fully saturated rings. The summed E-state index contributed by atoms with van der Waals surface area (Å²) in [6, 6.07) is 0. The average Bonchev–Trinajstić information content (AvgIpc) is 2.93. The first-order chi connectivity index (χ1) is 12.5. The van der Waals surface area contributed by atoms with E-state index in [1.54, 1.807) is 0 Å². The number of hydrogen-bond donors (Lipinski definition) is 2. The van der Waals surface area contributed by atoms with Gasteiger partial charge < -0.3 is 15.3 Å². The highest BCUT2D eigenvalue weighted by Gasteiger charge is 2.22. The summed E-state index contributed by atoms with van der Waals surface area (Å²) < 4.78 is 0. The number of hydrogen-bond acceptors (Lipinski definition) is 5. The summed E-state index contributed by atoms with van der Waals surface area (Å²) in [5.41, 5.74) is 0. The van der Waals surface area contributed by atoms with Gasteiger partial charge in [-0.15, -0.1) is 0 Å². The molecule has 2 N–H and O–H groups in total.